The molecule has 2 N–H and O–H groups in total. The number of nitrogens with two attached hydrogens (primary N) is 1. The summed E-state index contributed by atoms with van der Waals surface area (Å²) >= 11 is 0. The highest BCUT2D eigenvalue weighted by molar-refractivity contribution is 5.70. The first-order valence-electron chi connectivity index (χ1n) is 7.82. The van der Waals surface area contributed by atoms with Crippen molar-refractivity contribution in [3.63, 3.8) is 0 Å². The topological polar surface area (TPSA) is 44.5 Å². The second-order valence-electron chi connectivity index (χ2n) is 5.64. The van der Waals surface area contributed by atoms with E-state index in [1.807, 2.05) is 30.3 Å². The smallest absolute Gasteiger partial charge is 0.489 e. The number of ether oxygens (including phenoxy) is 2. The Morgan fingerprint density at radius 2 is 1.50 bits per heavy atom. The Kier molecular flexibility index (Phi) is 5.02. The maximum Gasteiger partial charge on any atom is 0.573 e. The Labute approximate surface area is 148 Å². The summed E-state index contributed by atoms with van der Waals surface area (Å²) in [5.41, 5.74) is 8.55. The van der Waals surface area contributed by atoms with Crippen LogP contribution in [0, 0.1) is 0 Å². The van der Waals surface area contributed by atoms with Crippen LogP contribution in [0.3, 0.4) is 0 Å². The van der Waals surface area contributed by atoms with Crippen molar-refractivity contribution in [2.45, 2.75) is 13.0 Å². The van der Waals surface area contributed by atoms with E-state index in [1.165, 1.54) is 18.2 Å². The Balaban J connectivity index is 1.82. The molecule has 26 heavy (non-hydrogen) atoms. The fourth-order valence-electron chi connectivity index (χ4n) is 2.49. The van der Waals surface area contributed by atoms with E-state index in [0.29, 0.717) is 29.2 Å². The van der Waals surface area contributed by atoms with Crippen LogP contribution in [0.25, 0.3) is 11.1 Å². The molecular weight excluding hydrogens is 343 g/mol. The monoisotopic (exact) mass is 359 g/mol. The molecule has 6 heteroatoms. The number of rotatable bonds is 5. The molecule has 0 bridgehead atoms. The molecular formula is C20H16F3NO2. The molecule has 0 saturated heterocycles. The molecule has 0 amide bonds. The zero-order chi connectivity index (χ0) is 18.6. The van der Waals surface area contributed by atoms with Gasteiger partial charge >= 0.3 is 6.36 Å². The van der Waals surface area contributed by atoms with Crippen LogP contribution in [0.4, 0.5) is 18.9 Å². The molecule has 0 atom stereocenters. The van der Waals surface area contributed by atoms with Gasteiger partial charge < -0.3 is 15.2 Å². The Morgan fingerprint density at radius 3 is 2.23 bits per heavy atom. The predicted octanol–water partition coefficient (Wildman–Crippen LogP) is 5.41. The predicted molar refractivity (Wildman–Crippen MR) is 93.7 cm³/mol. The van der Waals surface area contributed by atoms with Crippen molar-refractivity contribution in [2.75, 3.05) is 5.73 Å². The van der Waals surface area contributed by atoms with Crippen LogP contribution < -0.4 is 15.2 Å². The van der Waals surface area contributed by atoms with Crippen LogP contribution in [0.2, 0.25) is 0 Å². The van der Waals surface area contributed by atoms with Gasteiger partial charge in [0.25, 0.3) is 0 Å². The lowest BCUT2D eigenvalue weighted by atomic mass is 10.0. The summed E-state index contributed by atoms with van der Waals surface area (Å²) < 4.78 is 46.9. The zero-order valence-electron chi connectivity index (χ0n) is 13.7. The molecule has 3 nitrogen and oxygen atoms in total. The second kappa shape index (κ2) is 7.39. The molecule has 3 aromatic rings. The fraction of sp³-hybridized carbons (Fsp3) is 0.100. The molecule has 0 fully saturated rings. The van der Waals surface area contributed by atoms with E-state index in [-0.39, 0.29) is 5.75 Å². The van der Waals surface area contributed by atoms with Crippen LogP contribution in [-0.4, -0.2) is 6.36 Å². The van der Waals surface area contributed by atoms with E-state index in [2.05, 4.69) is 4.74 Å². The van der Waals surface area contributed by atoms with Crippen molar-refractivity contribution in [3.05, 3.63) is 78.4 Å². The van der Waals surface area contributed by atoms with Crippen LogP contribution in [0.1, 0.15) is 5.56 Å². The summed E-state index contributed by atoms with van der Waals surface area (Å²) in [5.74, 6) is 0.246. The van der Waals surface area contributed by atoms with Crippen molar-refractivity contribution in [2.24, 2.45) is 0 Å². The molecule has 134 valence electrons. The second-order valence-corrected chi connectivity index (χ2v) is 5.64. The van der Waals surface area contributed by atoms with Crippen molar-refractivity contribution >= 4 is 5.69 Å². The van der Waals surface area contributed by atoms with Gasteiger partial charge in [0, 0.05) is 11.8 Å². The van der Waals surface area contributed by atoms with E-state index in [9.17, 15) is 13.2 Å². The molecule has 0 heterocycles. The summed E-state index contributed by atoms with van der Waals surface area (Å²) in [7, 11) is 0. The van der Waals surface area contributed by atoms with Crippen LogP contribution in [0.15, 0.2) is 72.8 Å². The van der Waals surface area contributed by atoms with Gasteiger partial charge in [0.2, 0.25) is 0 Å². The maximum atomic E-state index is 12.4. The number of nitrogen functional groups attached to an aromatic ring is 1. The number of anilines is 1. The van der Waals surface area contributed by atoms with Gasteiger partial charge in [-0.3, -0.25) is 0 Å². The summed E-state index contributed by atoms with van der Waals surface area (Å²) in [6, 6.07) is 20.4. The van der Waals surface area contributed by atoms with E-state index in [0.717, 1.165) is 5.56 Å². The molecule has 0 saturated carbocycles. The summed E-state index contributed by atoms with van der Waals surface area (Å²) in [6.45, 7) is 0.362. The van der Waals surface area contributed by atoms with Gasteiger partial charge in [0.1, 0.15) is 18.1 Å². The van der Waals surface area contributed by atoms with Crippen molar-refractivity contribution in [1.29, 1.82) is 0 Å². The van der Waals surface area contributed by atoms with Crippen molar-refractivity contribution < 1.29 is 22.6 Å². The normalized spacial score (nSPS) is 11.2. The molecule has 0 aliphatic heterocycles. The van der Waals surface area contributed by atoms with E-state index in [4.69, 9.17) is 10.5 Å². The van der Waals surface area contributed by atoms with Gasteiger partial charge in [0.05, 0.1) is 0 Å². The highest BCUT2D eigenvalue weighted by Crippen LogP contribution is 2.31. The highest BCUT2D eigenvalue weighted by atomic mass is 19.4. The van der Waals surface area contributed by atoms with Crippen LogP contribution >= 0.6 is 0 Å². The molecule has 0 spiro atoms. The molecule has 3 rings (SSSR count). The third kappa shape index (κ3) is 4.92. The van der Waals surface area contributed by atoms with Crippen LogP contribution in [0.5, 0.6) is 11.5 Å². The minimum absolute atomic E-state index is 0.288. The van der Waals surface area contributed by atoms with Gasteiger partial charge in [0.15, 0.2) is 0 Å². The lowest BCUT2D eigenvalue weighted by molar-refractivity contribution is -0.274. The van der Waals surface area contributed by atoms with Crippen molar-refractivity contribution in [1.82, 2.24) is 0 Å². The first-order valence-corrected chi connectivity index (χ1v) is 7.82. The Morgan fingerprint density at radius 1 is 0.769 bits per heavy atom. The van der Waals surface area contributed by atoms with Crippen LogP contribution in [-0.2, 0) is 6.61 Å². The molecule has 0 aliphatic carbocycles. The van der Waals surface area contributed by atoms with Gasteiger partial charge in [-0.1, -0.05) is 42.5 Å². The average molecular weight is 359 g/mol. The fourth-order valence-corrected chi connectivity index (χ4v) is 2.49. The Hall–Kier alpha value is -3.15. The summed E-state index contributed by atoms with van der Waals surface area (Å²) in [4.78, 5) is 0. The average Bonchev–Trinajstić information content (AvgIpc) is 2.59. The lowest BCUT2D eigenvalue weighted by Crippen LogP contribution is -2.17. The highest BCUT2D eigenvalue weighted by Gasteiger charge is 2.31. The van der Waals surface area contributed by atoms with Gasteiger partial charge in [-0.2, -0.15) is 0 Å². The number of alkyl halides is 3. The molecule has 3 aromatic carbocycles. The third-order valence-electron chi connectivity index (χ3n) is 3.58. The standard InChI is InChI=1S/C20H16F3NO2/c21-20(22,23)26-18-8-4-7-15(10-18)16-9-17(24)12-19(11-16)25-13-14-5-2-1-3-6-14/h1-12H,13,24H2. The molecule has 0 radical (unpaired) electrons. The summed E-state index contributed by atoms with van der Waals surface area (Å²) in [6.07, 6.45) is -4.74. The van der Waals surface area contributed by atoms with Gasteiger partial charge in [-0.25, -0.2) is 0 Å². The quantitative estimate of drug-likeness (QED) is 0.619. The molecule has 0 unspecified atom stereocenters. The minimum Gasteiger partial charge on any atom is -0.489 e. The zero-order valence-corrected chi connectivity index (χ0v) is 13.7. The van der Waals surface area contributed by atoms with E-state index < -0.39 is 6.36 Å². The number of hydrogen-bond donors (Lipinski definition) is 1. The largest absolute Gasteiger partial charge is 0.573 e. The van der Waals surface area contributed by atoms with E-state index in [1.54, 1.807) is 24.3 Å². The summed E-state index contributed by atoms with van der Waals surface area (Å²) in [5, 5.41) is 0. The SMILES string of the molecule is Nc1cc(OCc2ccccc2)cc(-c2cccc(OC(F)(F)F)c2)c1. The lowest BCUT2D eigenvalue weighted by Gasteiger charge is -2.12. The first kappa shape index (κ1) is 17.7. The number of hydrogen-bond acceptors (Lipinski definition) is 3. The van der Waals surface area contributed by atoms with E-state index >= 15 is 0 Å². The number of benzene rings is 3. The maximum absolute atomic E-state index is 12.4. The van der Waals surface area contributed by atoms with Gasteiger partial charge in [-0.15, -0.1) is 13.2 Å². The first-order chi connectivity index (χ1) is 12.4. The number of halogens is 3. The van der Waals surface area contributed by atoms with Crippen molar-refractivity contribution in [3.8, 4) is 22.6 Å². The minimum atomic E-state index is -4.74. The third-order valence-corrected chi connectivity index (χ3v) is 3.58. The molecule has 0 aliphatic rings. The Bertz CT molecular complexity index is 880. The molecule has 0 aromatic heterocycles. The van der Waals surface area contributed by atoms with Gasteiger partial charge in [-0.05, 0) is 41.0 Å².